The van der Waals surface area contributed by atoms with Gasteiger partial charge < -0.3 is 29.2 Å². The molecule has 8 heteroatoms. The van der Waals surface area contributed by atoms with Crippen molar-refractivity contribution in [1.82, 2.24) is 10.2 Å². The zero-order valence-corrected chi connectivity index (χ0v) is 18.6. The van der Waals surface area contributed by atoms with E-state index in [4.69, 9.17) is 18.9 Å². The normalized spacial score (nSPS) is 12.2. The molecule has 152 valence electrons. The van der Waals surface area contributed by atoms with Gasteiger partial charge in [-0.3, -0.25) is 4.99 Å². The van der Waals surface area contributed by atoms with Crippen molar-refractivity contribution < 1.29 is 18.9 Å². The minimum atomic E-state index is 0. The number of ether oxygens (including phenoxy) is 4. The molecule has 0 aromatic heterocycles. The number of hydrogen-bond donors (Lipinski definition) is 1. The van der Waals surface area contributed by atoms with Crippen LogP contribution in [0.15, 0.2) is 47.5 Å². The number of benzene rings is 2. The number of halogens is 1. The van der Waals surface area contributed by atoms with Gasteiger partial charge in [0.15, 0.2) is 17.5 Å². The molecule has 0 aliphatic carbocycles. The van der Waals surface area contributed by atoms with E-state index >= 15 is 0 Å². The molecule has 0 saturated carbocycles. The molecule has 0 amide bonds. The molecule has 28 heavy (non-hydrogen) atoms. The van der Waals surface area contributed by atoms with E-state index in [1.165, 1.54) is 5.56 Å². The molecule has 0 atom stereocenters. The lowest BCUT2D eigenvalue weighted by atomic mass is 10.2. The lowest BCUT2D eigenvalue weighted by Gasteiger charge is -2.22. The number of aliphatic imine (C=N–C) groups is 1. The van der Waals surface area contributed by atoms with Gasteiger partial charge >= 0.3 is 0 Å². The zero-order valence-electron chi connectivity index (χ0n) is 16.3. The third-order valence-electron chi connectivity index (χ3n) is 4.15. The van der Waals surface area contributed by atoms with E-state index in [0.29, 0.717) is 13.2 Å². The summed E-state index contributed by atoms with van der Waals surface area (Å²) in [4.78, 5) is 6.38. The highest BCUT2D eigenvalue weighted by atomic mass is 127. The average Bonchev–Trinajstić information content (AvgIpc) is 3.16. The maximum atomic E-state index is 5.76. The Bertz CT molecular complexity index is 784. The molecule has 1 N–H and O–H groups in total. The fourth-order valence-electron chi connectivity index (χ4n) is 2.76. The van der Waals surface area contributed by atoms with Crippen LogP contribution < -0.4 is 24.3 Å². The van der Waals surface area contributed by atoms with E-state index in [9.17, 15) is 0 Å². The molecule has 0 spiro atoms. The van der Waals surface area contributed by atoms with Crippen molar-refractivity contribution in [3.8, 4) is 23.0 Å². The molecule has 1 heterocycles. The van der Waals surface area contributed by atoms with Crippen LogP contribution >= 0.6 is 24.0 Å². The predicted molar refractivity (Wildman–Crippen MR) is 119 cm³/mol. The second-order valence-corrected chi connectivity index (χ2v) is 6.04. The first-order valence-electron chi connectivity index (χ1n) is 8.77. The molecule has 0 bridgehead atoms. The summed E-state index contributed by atoms with van der Waals surface area (Å²) in [5, 5.41) is 3.30. The number of nitrogens with zero attached hydrogens (tertiary/aromatic N) is 2. The van der Waals surface area contributed by atoms with Crippen LogP contribution in [0.4, 0.5) is 0 Å². The smallest absolute Gasteiger partial charge is 0.231 e. The van der Waals surface area contributed by atoms with Gasteiger partial charge in [0.25, 0.3) is 0 Å². The molecule has 2 aromatic rings. The fourth-order valence-corrected chi connectivity index (χ4v) is 2.76. The van der Waals surface area contributed by atoms with Crippen LogP contribution in [0.3, 0.4) is 0 Å². The average molecular weight is 499 g/mol. The number of nitrogens with one attached hydrogen (secondary N) is 1. The van der Waals surface area contributed by atoms with Crippen molar-refractivity contribution >= 4 is 29.9 Å². The molecule has 1 aliphatic rings. The van der Waals surface area contributed by atoms with E-state index in [1.807, 2.05) is 49.5 Å². The Morgan fingerprint density at radius 1 is 1.11 bits per heavy atom. The van der Waals surface area contributed by atoms with Gasteiger partial charge in [-0.05, 0) is 29.8 Å². The van der Waals surface area contributed by atoms with Gasteiger partial charge in [-0.15, -0.1) is 24.0 Å². The summed E-state index contributed by atoms with van der Waals surface area (Å²) in [5.41, 5.74) is 1.18. The van der Waals surface area contributed by atoms with E-state index in [2.05, 4.69) is 15.2 Å². The summed E-state index contributed by atoms with van der Waals surface area (Å²) >= 11 is 0. The Morgan fingerprint density at radius 2 is 1.82 bits per heavy atom. The second-order valence-electron chi connectivity index (χ2n) is 6.04. The highest BCUT2D eigenvalue weighted by molar-refractivity contribution is 14.0. The molecule has 2 aromatic carbocycles. The monoisotopic (exact) mass is 499 g/mol. The van der Waals surface area contributed by atoms with Gasteiger partial charge in [-0.2, -0.15) is 0 Å². The van der Waals surface area contributed by atoms with Crippen LogP contribution in [-0.2, 0) is 6.54 Å². The highest BCUT2D eigenvalue weighted by Crippen LogP contribution is 2.34. The summed E-state index contributed by atoms with van der Waals surface area (Å²) in [5.74, 6) is 3.88. The molecule has 0 unspecified atom stereocenters. The molecule has 3 rings (SSSR count). The van der Waals surface area contributed by atoms with Crippen molar-refractivity contribution in [2.75, 3.05) is 41.1 Å². The first-order valence-corrected chi connectivity index (χ1v) is 8.77. The lowest BCUT2D eigenvalue weighted by molar-refractivity contribution is 0.173. The number of hydrogen-bond acceptors (Lipinski definition) is 5. The van der Waals surface area contributed by atoms with Gasteiger partial charge in [0.2, 0.25) is 6.79 Å². The van der Waals surface area contributed by atoms with E-state index in [0.717, 1.165) is 35.5 Å². The zero-order chi connectivity index (χ0) is 19.1. The van der Waals surface area contributed by atoms with Gasteiger partial charge in [-0.1, -0.05) is 12.1 Å². The minimum Gasteiger partial charge on any atom is -0.497 e. The van der Waals surface area contributed by atoms with Crippen LogP contribution in [0.25, 0.3) is 0 Å². The SMILES string of the molecule is CN=C(NCCOc1ccc2c(c1)OCO2)N(C)Cc1ccc(OC)cc1.I. The Hall–Kier alpha value is -2.36. The van der Waals surface area contributed by atoms with Gasteiger partial charge in [0.1, 0.15) is 18.1 Å². The summed E-state index contributed by atoms with van der Waals surface area (Å²) in [6.07, 6.45) is 0. The van der Waals surface area contributed by atoms with E-state index in [-0.39, 0.29) is 30.8 Å². The Kier molecular flexibility index (Phi) is 8.49. The molecule has 0 radical (unpaired) electrons. The first-order chi connectivity index (χ1) is 13.2. The maximum Gasteiger partial charge on any atom is 0.231 e. The third kappa shape index (κ3) is 5.82. The summed E-state index contributed by atoms with van der Waals surface area (Å²) in [6, 6.07) is 13.6. The first kappa shape index (κ1) is 21.9. The molecular formula is C20H26IN3O4. The van der Waals surface area contributed by atoms with Crippen molar-refractivity contribution in [3.05, 3.63) is 48.0 Å². The molecule has 1 aliphatic heterocycles. The molecule has 0 saturated heterocycles. The summed E-state index contributed by atoms with van der Waals surface area (Å²) in [6.45, 7) is 2.15. The Morgan fingerprint density at radius 3 is 2.54 bits per heavy atom. The fraction of sp³-hybridized carbons (Fsp3) is 0.350. The van der Waals surface area contributed by atoms with E-state index < -0.39 is 0 Å². The van der Waals surface area contributed by atoms with Gasteiger partial charge in [0.05, 0.1) is 13.7 Å². The predicted octanol–water partition coefficient (Wildman–Crippen LogP) is 3.13. The van der Waals surface area contributed by atoms with Crippen LogP contribution in [0.5, 0.6) is 23.0 Å². The Balaban J connectivity index is 0.00000280. The van der Waals surface area contributed by atoms with Gasteiger partial charge in [0, 0.05) is 26.7 Å². The largest absolute Gasteiger partial charge is 0.497 e. The topological polar surface area (TPSA) is 64.6 Å². The molecule has 0 fully saturated rings. The van der Waals surface area contributed by atoms with Crippen LogP contribution in [0, 0.1) is 0 Å². The number of guanidine groups is 1. The quantitative estimate of drug-likeness (QED) is 0.274. The lowest BCUT2D eigenvalue weighted by Crippen LogP contribution is -2.40. The van der Waals surface area contributed by atoms with Crippen molar-refractivity contribution in [2.24, 2.45) is 4.99 Å². The molecule has 7 nitrogen and oxygen atoms in total. The Labute approximate surface area is 182 Å². The standard InChI is InChI=1S/C20H25N3O4.HI/c1-21-20(23(2)13-15-4-6-16(24-3)7-5-15)22-10-11-25-17-8-9-18-19(12-17)27-14-26-18;/h4-9,12H,10-11,13-14H2,1-3H3,(H,21,22);1H. The van der Waals surface area contributed by atoms with Crippen molar-refractivity contribution in [1.29, 1.82) is 0 Å². The number of rotatable bonds is 7. The summed E-state index contributed by atoms with van der Waals surface area (Å²) < 4.78 is 21.6. The van der Waals surface area contributed by atoms with Gasteiger partial charge in [-0.25, -0.2) is 0 Å². The van der Waals surface area contributed by atoms with Crippen molar-refractivity contribution in [2.45, 2.75) is 6.54 Å². The number of methoxy groups -OCH3 is 1. The maximum absolute atomic E-state index is 5.76. The highest BCUT2D eigenvalue weighted by Gasteiger charge is 2.13. The van der Waals surface area contributed by atoms with Crippen LogP contribution in [0.2, 0.25) is 0 Å². The summed E-state index contributed by atoms with van der Waals surface area (Å²) in [7, 11) is 5.43. The second kappa shape index (κ2) is 10.8. The van der Waals surface area contributed by atoms with Crippen LogP contribution in [-0.4, -0.2) is 52.0 Å². The van der Waals surface area contributed by atoms with E-state index in [1.54, 1.807) is 14.2 Å². The van der Waals surface area contributed by atoms with Crippen LogP contribution in [0.1, 0.15) is 5.56 Å². The molecular weight excluding hydrogens is 473 g/mol. The number of fused-ring (bicyclic) bond motifs is 1. The van der Waals surface area contributed by atoms with Crippen molar-refractivity contribution in [3.63, 3.8) is 0 Å². The minimum absolute atomic E-state index is 0. The third-order valence-corrected chi connectivity index (χ3v) is 4.15.